The maximum absolute atomic E-state index is 12.3. The normalized spacial score (nSPS) is 10.9. The van der Waals surface area contributed by atoms with E-state index in [1.807, 2.05) is 30.3 Å². The molecule has 1 N–H and O–H groups in total. The largest absolute Gasteiger partial charge is 0.497 e. The van der Waals surface area contributed by atoms with Gasteiger partial charge in [-0.05, 0) is 66.1 Å². The summed E-state index contributed by atoms with van der Waals surface area (Å²) in [4.78, 5) is 17.2. The van der Waals surface area contributed by atoms with Gasteiger partial charge in [0.1, 0.15) is 11.5 Å². The van der Waals surface area contributed by atoms with E-state index < -0.39 is 0 Å². The molecule has 0 saturated carbocycles. The van der Waals surface area contributed by atoms with Crippen LogP contribution in [0.25, 0.3) is 22.2 Å². The maximum atomic E-state index is 12.3. The third-order valence-corrected chi connectivity index (χ3v) is 5.25. The lowest BCUT2D eigenvalue weighted by atomic mass is 10.0. The molecule has 0 saturated heterocycles. The van der Waals surface area contributed by atoms with Crippen molar-refractivity contribution in [1.82, 2.24) is 4.98 Å². The van der Waals surface area contributed by atoms with E-state index in [2.05, 4.69) is 43.4 Å². The third-order valence-electron chi connectivity index (χ3n) is 5.25. The van der Waals surface area contributed by atoms with Crippen LogP contribution in [0.3, 0.4) is 0 Å². The molecule has 1 heterocycles. The van der Waals surface area contributed by atoms with Crippen molar-refractivity contribution in [2.45, 2.75) is 19.8 Å². The van der Waals surface area contributed by atoms with Crippen molar-refractivity contribution < 1.29 is 14.3 Å². The highest BCUT2D eigenvalue weighted by Gasteiger charge is 2.08. The second-order valence-corrected chi connectivity index (χ2v) is 7.90. The van der Waals surface area contributed by atoms with Gasteiger partial charge in [-0.1, -0.05) is 38.1 Å². The zero-order valence-electron chi connectivity index (χ0n) is 18.5. The summed E-state index contributed by atoms with van der Waals surface area (Å²) in [6.45, 7) is 4.29. The van der Waals surface area contributed by atoms with Crippen LogP contribution in [0.5, 0.6) is 11.5 Å². The Balaban J connectivity index is 1.44. The van der Waals surface area contributed by atoms with Crippen molar-refractivity contribution in [3.63, 3.8) is 0 Å². The molecule has 0 aliphatic heterocycles. The van der Waals surface area contributed by atoms with Crippen molar-refractivity contribution in [1.29, 1.82) is 0 Å². The second kappa shape index (κ2) is 9.52. The molecule has 0 atom stereocenters. The molecule has 32 heavy (non-hydrogen) atoms. The Kier molecular flexibility index (Phi) is 6.36. The third kappa shape index (κ3) is 5.06. The van der Waals surface area contributed by atoms with E-state index in [4.69, 9.17) is 14.5 Å². The number of ether oxygens (including phenoxy) is 2. The van der Waals surface area contributed by atoms with Crippen LogP contribution in [0.4, 0.5) is 5.69 Å². The zero-order valence-corrected chi connectivity index (χ0v) is 18.5. The minimum Gasteiger partial charge on any atom is -0.497 e. The van der Waals surface area contributed by atoms with Gasteiger partial charge >= 0.3 is 0 Å². The Morgan fingerprint density at radius 2 is 1.72 bits per heavy atom. The van der Waals surface area contributed by atoms with Crippen LogP contribution in [-0.4, -0.2) is 24.6 Å². The lowest BCUT2D eigenvalue weighted by Gasteiger charge is -2.10. The molecule has 0 aliphatic rings. The van der Waals surface area contributed by atoms with Gasteiger partial charge < -0.3 is 14.8 Å². The molecule has 0 spiro atoms. The van der Waals surface area contributed by atoms with Crippen LogP contribution in [0, 0.1) is 0 Å². The van der Waals surface area contributed by atoms with Gasteiger partial charge in [0.15, 0.2) is 6.61 Å². The molecule has 0 bridgehead atoms. The fraction of sp³-hybridized carbons (Fsp3) is 0.185. The lowest BCUT2D eigenvalue weighted by molar-refractivity contribution is -0.118. The van der Waals surface area contributed by atoms with Gasteiger partial charge in [0.25, 0.3) is 5.91 Å². The Hall–Kier alpha value is -3.86. The smallest absolute Gasteiger partial charge is 0.262 e. The van der Waals surface area contributed by atoms with Crippen LogP contribution in [0.15, 0.2) is 78.9 Å². The number of hydrogen-bond donors (Lipinski definition) is 1. The molecule has 0 fully saturated rings. The van der Waals surface area contributed by atoms with Crippen molar-refractivity contribution in [2.75, 3.05) is 19.0 Å². The van der Waals surface area contributed by atoms with Gasteiger partial charge in [-0.2, -0.15) is 0 Å². The minimum atomic E-state index is -0.231. The molecule has 0 unspecified atom stereocenters. The number of anilines is 1. The summed E-state index contributed by atoms with van der Waals surface area (Å²) in [6, 6.07) is 25.3. The standard InChI is InChI=1S/C27H26N2O3/c1-18(2)19-7-13-26-21(15-19)8-14-25(29-26)20-5-4-6-22(16-20)28-27(30)17-32-24-11-9-23(31-3)10-12-24/h4-16,18H,17H2,1-3H3,(H,28,30). The van der Waals surface area contributed by atoms with Crippen LogP contribution >= 0.6 is 0 Å². The molecular weight excluding hydrogens is 400 g/mol. The fourth-order valence-corrected chi connectivity index (χ4v) is 3.44. The molecule has 1 amide bonds. The number of methoxy groups -OCH3 is 1. The molecule has 4 rings (SSSR count). The maximum Gasteiger partial charge on any atom is 0.262 e. The Labute approximate surface area is 188 Å². The predicted octanol–water partition coefficient (Wildman–Crippen LogP) is 6.05. The number of carbonyl (C=O) groups is 1. The summed E-state index contributed by atoms with van der Waals surface area (Å²) < 4.78 is 10.7. The first kappa shape index (κ1) is 21.4. The van der Waals surface area contributed by atoms with E-state index in [1.165, 1.54) is 5.56 Å². The first-order chi connectivity index (χ1) is 15.5. The van der Waals surface area contributed by atoms with E-state index in [-0.39, 0.29) is 12.5 Å². The molecule has 0 radical (unpaired) electrons. The Bertz CT molecular complexity index is 1230. The summed E-state index contributed by atoms with van der Waals surface area (Å²) in [6.07, 6.45) is 0. The van der Waals surface area contributed by atoms with Crippen molar-refractivity contribution >= 4 is 22.5 Å². The number of aromatic nitrogens is 1. The predicted molar refractivity (Wildman–Crippen MR) is 128 cm³/mol. The van der Waals surface area contributed by atoms with Crippen LogP contribution in [0.2, 0.25) is 0 Å². The van der Waals surface area contributed by atoms with Crippen LogP contribution in [0.1, 0.15) is 25.3 Å². The van der Waals surface area contributed by atoms with Crippen molar-refractivity contribution in [3.05, 3.63) is 84.4 Å². The first-order valence-corrected chi connectivity index (χ1v) is 10.6. The number of rotatable bonds is 7. The number of nitrogens with one attached hydrogen (secondary N) is 1. The number of hydrogen-bond acceptors (Lipinski definition) is 4. The molecule has 5 nitrogen and oxygen atoms in total. The quantitative estimate of drug-likeness (QED) is 0.391. The van der Waals surface area contributed by atoms with Crippen molar-refractivity contribution in [3.8, 4) is 22.8 Å². The number of fused-ring (bicyclic) bond motifs is 1. The number of amides is 1. The van der Waals surface area contributed by atoms with E-state index in [0.29, 0.717) is 17.4 Å². The number of carbonyl (C=O) groups excluding carboxylic acids is 1. The molecule has 162 valence electrons. The number of nitrogens with zero attached hydrogens (tertiary/aromatic N) is 1. The van der Waals surface area contributed by atoms with Gasteiger partial charge in [0, 0.05) is 16.6 Å². The topological polar surface area (TPSA) is 60.5 Å². The van der Waals surface area contributed by atoms with Gasteiger partial charge in [0.05, 0.1) is 18.3 Å². The van der Waals surface area contributed by atoms with Crippen LogP contribution < -0.4 is 14.8 Å². The summed E-state index contributed by atoms with van der Waals surface area (Å²) in [7, 11) is 1.60. The highest BCUT2D eigenvalue weighted by molar-refractivity contribution is 5.92. The number of benzene rings is 3. The van der Waals surface area contributed by atoms with E-state index in [0.717, 1.165) is 27.9 Å². The lowest BCUT2D eigenvalue weighted by Crippen LogP contribution is -2.20. The molecule has 0 aliphatic carbocycles. The van der Waals surface area contributed by atoms with Gasteiger partial charge in [-0.15, -0.1) is 0 Å². The van der Waals surface area contributed by atoms with Gasteiger partial charge in [-0.25, -0.2) is 4.98 Å². The second-order valence-electron chi connectivity index (χ2n) is 7.90. The van der Waals surface area contributed by atoms with Crippen molar-refractivity contribution in [2.24, 2.45) is 0 Å². The van der Waals surface area contributed by atoms with Gasteiger partial charge in [-0.3, -0.25) is 4.79 Å². The minimum absolute atomic E-state index is 0.0804. The molecule has 4 aromatic rings. The first-order valence-electron chi connectivity index (χ1n) is 10.6. The number of pyridine rings is 1. The summed E-state index contributed by atoms with van der Waals surface area (Å²) in [5.41, 5.74) is 4.75. The monoisotopic (exact) mass is 426 g/mol. The Morgan fingerprint density at radius 3 is 2.47 bits per heavy atom. The highest BCUT2D eigenvalue weighted by Crippen LogP contribution is 2.26. The molecular formula is C27H26N2O3. The van der Waals surface area contributed by atoms with E-state index >= 15 is 0 Å². The average Bonchev–Trinajstić information content (AvgIpc) is 2.82. The van der Waals surface area contributed by atoms with E-state index in [1.54, 1.807) is 31.4 Å². The molecule has 5 heteroatoms. The van der Waals surface area contributed by atoms with Crippen LogP contribution in [-0.2, 0) is 4.79 Å². The van der Waals surface area contributed by atoms with Gasteiger partial charge in [0.2, 0.25) is 0 Å². The SMILES string of the molecule is COc1ccc(OCC(=O)Nc2cccc(-c3ccc4cc(C(C)C)ccc4n3)c2)cc1. The average molecular weight is 427 g/mol. The zero-order chi connectivity index (χ0) is 22.5. The Morgan fingerprint density at radius 1 is 0.938 bits per heavy atom. The molecule has 3 aromatic carbocycles. The fourth-order valence-electron chi connectivity index (χ4n) is 3.44. The summed E-state index contributed by atoms with van der Waals surface area (Å²) in [5, 5.41) is 4.01. The summed E-state index contributed by atoms with van der Waals surface area (Å²) >= 11 is 0. The molecule has 1 aromatic heterocycles. The highest BCUT2D eigenvalue weighted by atomic mass is 16.5. The summed E-state index contributed by atoms with van der Waals surface area (Å²) in [5.74, 6) is 1.59. The van der Waals surface area contributed by atoms with E-state index in [9.17, 15) is 4.79 Å².